The normalized spacial score (nSPS) is 10.2. The highest BCUT2D eigenvalue weighted by Gasteiger charge is 2.04. The average molecular weight is 365 g/mol. The zero-order valence-electron chi connectivity index (χ0n) is 10.8. The Labute approximate surface area is 127 Å². The Bertz CT molecular complexity index is 563. The van der Waals surface area contributed by atoms with Crippen LogP contribution in [-0.4, -0.2) is 12.5 Å². The largest absolute Gasteiger partial charge is 0.352 e. The molecule has 0 aromatic heterocycles. The monoisotopic (exact) mass is 365 g/mol. The van der Waals surface area contributed by atoms with E-state index >= 15 is 0 Å². The summed E-state index contributed by atoms with van der Waals surface area (Å²) in [6.45, 7) is 2.76. The van der Waals surface area contributed by atoms with Gasteiger partial charge in [-0.2, -0.15) is 0 Å². The van der Waals surface area contributed by atoms with E-state index in [1.807, 2.05) is 36.4 Å². The second-order valence-corrected chi connectivity index (χ2v) is 5.68. The van der Waals surface area contributed by atoms with Crippen LogP contribution in [0.4, 0.5) is 0 Å². The molecule has 0 heterocycles. The van der Waals surface area contributed by atoms with Crippen molar-refractivity contribution in [3.63, 3.8) is 0 Å². The molecular formula is C16H16INO. The summed E-state index contributed by atoms with van der Waals surface area (Å²) in [5.74, 6) is -0.00927. The highest BCUT2D eigenvalue weighted by atomic mass is 127. The van der Waals surface area contributed by atoms with Gasteiger partial charge in [-0.15, -0.1) is 0 Å². The van der Waals surface area contributed by atoms with Gasteiger partial charge in [-0.1, -0.05) is 24.3 Å². The number of carbonyl (C=O) groups is 1. The summed E-state index contributed by atoms with van der Waals surface area (Å²) in [5.41, 5.74) is 3.27. The van der Waals surface area contributed by atoms with Crippen LogP contribution in [0.1, 0.15) is 21.5 Å². The van der Waals surface area contributed by atoms with Crippen molar-refractivity contribution in [2.45, 2.75) is 13.3 Å². The van der Waals surface area contributed by atoms with Crippen LogP contribution in [0.15, 0.2) is 48.5 Å². The number of benzene rings is 2. The molecule has 0 spiro atoms. The van der Waals surface area contributed by atoms with Gasteiger partial charge < -0.3 is 5.32 Å². The zero-order chi connectivity index (χ0) is 13.7. The maximum atomic E-state index is 11.9. The first-order valence-electron chi connectivity index (χ1n) is 6.25. The van der Waals surface area contributed by atoms with Crippen LogP contribution in [0.3, 0.4) is 0 Å². The molecule has 2 aromatic rings. The molecule has 0 saturated carbocycles. The molecular weight excluding hydrogens is 349 g/mol. The summed E-state index contributed by atoms with van der Waals surface area (Å²) in [5, 5.41) is 2.95. The van der Waals surface area contributed by atoms with Gasteiger partial charge in [0.05, 0.1) is 0 Å². The van der Waals surface area contributed by atoms with Gasteiger partial charge in [0.15, 0.2) is 0 Å². The molecule has 2 nitrogen and oxygen atoms in total. The van der Waals surface area contributed by atoms with Crippen LogP contribution in [-0.2, 0) is 6.42 Å². The molecule has 0 radical (unpaired) electrons. The molecule has 98 valence electrons. The minimum absolute atomic E-state index is 0.00927. The molecule has 0 atom stereocenters. The fraction of sp³-hybridized carbons (Fsp3) is 0.188. The predicted octanol–water partition coefficient (Wildman–Crippen LogP) is 3.57. The predicted molar refractivity (Wildman–Crippen MR) is 86.4 cm³/mol. The Morgan fingerprint density at radius 3 is 2.47 bits per heavy atom. The third kappa shape index (κ3) is 4.06. The fourth-order valence-electron chi connectivity index (χ4n) is 1.90. The minimum atomic E-state index is -0.00927. The standard InChI is InChI=1S/C16H16INO/c1-12-4-2-3-5-13(12)10-11-18-16(19)14-6-8-15(17)9-7-14/h2-9H,10-11H2,1H3,(H,18,19). The molecule has 0 aliphatic rings. The first kappa shape index (κ1) is 14.1. The zero-order valence-corrected chi connectivity index (χ0v) is 13.0. The third-order valence-corrected chi connectivity index (χ3v) is 3.77. The van der Waals surface area contributed by atoms with E-state index in [2.05, 4.69) is 47.0 Å². The van der Waals surface area contributed by atoms with E-state index in [9.17, 15) is 4.79 Å². The van der Waals surface area contributed by atoms with Crippen molar-refractivity contribution >= 4 is 28.5 Å². The maximum Gasteiger partial charge on any atom is 0.251 e. The van der Waals surface area contributed by atoms with Gasteiger partial charge in [0.2, 0.25) is 0 Å². The Hall–Kier alpha value is -1.36. The van der Waals surface area contributed by atoms with E-state index in [1.54, 1.807) is 0 Å². The summed E-state index contributed by atoms with van der Waals surface area (Å²) in [7, 11) is 0. The number of hydrogen-bond donors (Lipinski definition) is 1. The van der Waals surface area contributed by atoms with Gasteiger partial charge in [-0.05, 0) is 71.3 Å². The molecule has 1 amide bonds. The molecule has 19 heavy (non-hydrogen) atoms. The quantitative estimate of drug-likeness (QED) is 0.825. The van der Waals surface area contributed by atoms with Crippen LogP contribution in [0.5, 0.6) is 0 Å². The highest BCUT2D eigenvalue weighted by molar-refractivity contribution is 14.1. The van der Waals surface area contributed by atoms with Crippen LogP contribution in [0.25, 0.3) is 0 Å². The summed E-state index contributed by atoms with van der Waals surface area (Å²) in [6, 6.07) is 15.8. The number of hydrogen-bond acceptors (Lipinski definition) is 1. The molecule has 0 bridgehead atoms. The lowest BCUT2D eigenvalue weighted by atomic mass is 10.1. The van der Waals surface area contributed by atoms with E-state index in [4.69, 9.17) is 0 Å². The Kier molecular flexibility index (Phi) is 4.96. The molecule has 3 heteroatoms. The van der Waals surface area contributed by atoms with E-state index in [0.29, 0.717) is 12.1 Å². The van der Waals surface area contributed by atoms with Crippen molar-refractivity contribution < 1.29 is 4.79 Å². The molecule has 2 aromatic carbocycles. The highest BCUT2D eigenvalue weighted by Crippen LogP contribution is 2.08. The van der Waals surface area contributed by atoms with Crippen LogP contribution < -0.4 is 5.32 Å². The summed E-state index contributed by atoms with van der Waals surface area (Å²) in [4.78, 5) is 11.9. The summed E-state index contributed by atoms with van der Waals surface area (Å²) in [6.07, 6.45) is 0.864. The maximum absolute atomic E-state index is 11.9. The molecule has 1 N–H and O–H groups in total. The number of amides is 1. The third-order valence-electron chi connectivity index (χ3n) is 3.05. The average Bonchev–Trinajstić information content (AvgIpc) is 2.41. The van der Waals surface area contributed by atoms with Crippen LogP contribution >= 0.6 is 22.6 Å². The van der Waals surface area contributed by atoms with Gasteiger partial charge in [0.25, 0.3) is 5.91 Å². The van der Waals surface area contributed by atoms with Gasteiger partial charge in [-0.3, -0.25) is 4.79 Å². The second-order valence-electron chi connectivity index (χ2n) is 4.44. The number of aryl methyl sites for hydroxylation is 1. The van der Waals surface area contributed by atoms with Crippen LogP contribution in [0, 0.1) is 10.5 Å². The molecule has 2 rings (SSSR count). The first-order chi connectivity index (χ1) is 9.16. The molecule has 0 saturated heterocycles. The Morgan fingerprint density at radius 2 is 1.79 bits per heavy atom. The van der Waals surface area contributed by atoms with Crippen molar-refractivity contribution in [3.8, 4) is 0 Å². The smallest absolute Gasteiger partial charge is 0.251 e. The van der Waals surface area contributed by atoms with E-state index in [0.717, 1.165) is 9.99 Å². The Balaban J connectivity index is 1.88. The van der Waals surface area contributed by atoms with Crippen LogP contribution in [0.2, 0.25) is 0 Å². The van der Waals surface area contributed by atoms with E-state index in [1.165, 1.54) is 11.1 Å². The van der Waals surface area contributed by atoms with E-state index < -0.39 is 0 Å². The number of halogens is 1. The number of nitrogens with one attached hydrogen (secondary N) is 1. The molecule has 0 aliphatic carbocycles. The summed E-state index contributed by atoms with van der Waals surface area (Å²) >= 11 is 2.23. The van der Waals surface area contributed by atoms with Crippen molar-refractivity contribution in [1.82, 2.24) is 5.32 Å². The number of carbonyl (C=O) groups excluding carboxylic acids is 1. The SMILES string of the molecule is Cc1ccccc1CCNC(=O)c1ccc(I)cc1. The second kappa shape index (κ2) is 6.70. The van der Waals surface area contributed by atoms with Crippen molar-refractivity contribution in [3.05, 3.63) is 68.8 Å². The molecule has 0 unspecified atom stereocenters. The van der Waals surface area contributed by atoms with Gasteiger partial charge in [0, 0.05) is 15.7 Å². The number of rotatable bonds is 4. The fourth-order valence-corrected chi connectivity index (χ4v) is 2.26. The van der Waals surface area contributed by atoms with Gasteiger partial charge in [-0.25, -0.2) is 0 Å². The molecule has 0 aliphatic heterocycles. The Morgan fingerprint density at radius 1 is 1.11 bits per heavy atom. The van der Waals surface area contributed by atoms with Crippen molar-refractivity contribution in [2.24, 2.45) is 0 Å². The van der Waals surface area contributed by atoms with Gasteiger partial charge in [0.1, 0.15) is 0 Å². The minimum Gasteiger partial charge on any atom is -0.352 e. The lowest BCUT2D eigenvalue weighted by Gasteiger charge is -2.07. The van der Waals surface area contributed by atoms with Crippen molar-refractivity contribution in [2.75, 3.05) is 6.54 Å². The lowest BCUT2D eigenvalue weighted by Crippen LogP contribution is -2.25. The van der Waals surface area contributed by atoms with Crippen molar-refractivity contribution in [1.29, 1.82) is 0 Å². The molecule has 0 fully saturated rings. The topological polar surface area (TPSA) is 29.1 Å². The van der Waals surface area contributed by atoms with Gasteiger partial charge >= 0.3 is 0 Å². The van der Waals surface area contributed by atoms with E-state index in [-0.39, 0.29) is 5.91 Å². The lowest BCUT2D eigenvalue weighted by molar-refractivity contribution is 0.0954. The summed E-state index contributed by atoms with van der Waals surface area (Å²) < 4.78 is 1.13. The first-order valence-corrected chi connectivity index (χ1v) is 7.33.